The zero-order valence-electron chi connectivity index (χ0n) is 12.7. The molecule has 2 rings (SSSR count). The van der Waals surface area contributed by atoms with Crippen LogP contribution in [0.25, 0.3) is 0 Å². The molecule has 2 nitrogen and oxygen atoms in total. The first-order valence-corrected chi connectivity index (χ1v) is 8.04. The third kappa shape index (κ3) is 3.96. The van der Waals surface area contributed by atoms with Gasteiger partial charge in [0.25, 0.3) is 0 Å². The molecule has 0 aromatic carbocycles. The van der Waals surface area contributed by atoms with Crippen LogP contribution in [0.15, 0.2) is 0 Å². The van der Waals surface area contributed by atoms with E-state index >= 15 is 0 Å². The van der Waals surface area contributed by atoms with Gasteiger partial charge in [0, 0.05) is 12.6 Å². The summed E-state index contributed by atoms with van der Waals surface area (Å²) in [5, 5.41) is 3.79. The van der Waals surface area contributed by atoms with Gasteiger partial charge in [0.05, 0.1) is 0 Å². The lowest BCUT2D eigenvalue weighted by molar-refractivity contribution is 0.130. The minimum atomic E-state index is 0.554. The molecular formula is C16H32N2. The Morgan fingerprint density at radius 2 is 1.89 bits per heavy atom. The third-order valence-electron chi connectivity index (χ3n) is 5.17. The summed E-state index contributed by atoms with van der Waals surface area (Å²) in [4.78, 5) is 2.61. The Morgan fingerprint density at radius 1 is 1.17 bits per heavy atom. The lowest BCUT2D eigenvalue weighted by Gasteiger charge is -2.39. The smallest absolute Gasteiger partial charge is 0.0166 e. The van der Waals surface area contributed by atoms with E-state index in [2.05, 4.69) is 31.0 Å². The molecule has 1 N–H and O–H groups in total. The first kappa shape index (κ1) is 14.3. The number of nitrogens with one attached hydrogen (secondary N) is 1. The first-order chi connectivity index (χ1) is 8.58. The van der Waals surface area contributed by atoms with Gasteiger partial charge in [-0.2, -0.15) is 0 Å². The van der Waals surface area contributed by atoms with Crippen molar-refractivity contribution >= 4 is 0 Å². The fourth-order valence-corrected chi connectivity index (χ4v) is 3.71. The first-order valence-electron chi connectivity index (χ1n) is 8.04. The van der Waals surface area contributed by atoms with Crippen LogP contribution in [-0.2, 0) is 0 Å². The maximum atomic E-state index is 3.79. The molecule has 1 aliphatic carbocycles. The molecule has 2 aliphatic rings. The highest BCUT2D eigenvalue weighted by atomic mass is 15.2. The molecule has 1 aliphatic heterocycles. The second-order valence-electron chi connectivity index (χ2n) is 7.25. The Morgan fingerprint density at radius 3 is 2.56 bits per heavy atom. The van der Waals surface area contributed by atoms with Crippen molar-refractivity contribution in [1.29, 1.82) is 0 Å². The van der Waals surface area contributed by atoms with E-state index in [0.717, 1.165) is 5.92 Å². The molecule has 2 atom stereocenters. The summed E-state index contributed by atoms with van der Waals surface area (Å²) in [6.45, 7) is 12.4. The molecule has 2 unspecified atom stereocenters. The Kier molecular flexibility index (Phi) is 5.08. The number of rotatable bonds is 5. The summed E-state index contributed by atoms with van der Waals surface area (Å²) in [5.41, 5.74) is 0.554. The number of nitrogens with zero attached hydrogens (tertiary/aromatic N) is 1. The van der Waals surface area contributed by atoms with Gasteiger partial charge >= 0.3 is 0 Å². The van der Waals surface area contributed by atoms with E-state index in [-0.39, 0.29) is 0 Å². The third-order valence-corrected chi connectivity index (χ3v) is 5.17. The van der Waals surface area contributed by atoms with Crippen LogP contribution >= 0.6 is 0 Å². The summed E-state index contributed by atoms with van der Waals surface area (Å²) in [5.74, 6) is 0.882. The van der Waals surface area contributed by atoms with Crippen LogP contribution in [0.3, 0.4) is 0 Å². The highest BCUT2D eigenvalue weighted by molar-refractivity contribution is 4.85. The number of likely N-dealkylation sites (tertiary alicyclic amines) is 1. The molecule has 0 bridgehead atoms. The Labute approximate surface area is 114 Å². The summed E-state index contributed by atoms with van der Waals surface area (Å²) < 4.78 is 0. The highest BCUT2D eigenvalue weighted by Gasteiger charge is 2.31. The second kappa shape index (κ2) is 6.38. The lowest BCUT2D eigenvalue weighted by Crippen LogP contribution is -2.43. The van der Waals surface area contributed by atoms with E-state index < -0.39 is 0 Å². The molecule has 0 spiro atoms. The van der Waals surface area contributed by atoms with Crippen LogP contribution in [0.4, 0.5) is 0 Å². The molecule has 2 heteroatoms. The lowest BCUT2D eigenvalue weighted by atomic mass is 9.69. The van der Waals surface area contributed by atoms with Crippen molar-refractivity contribution < 1.29 is 0 Å². The Bertz CT molecular complexity index is 243. The maximum absolute atomic E-state index is 3.79. The van der Waals surface area contributed by atoms with Crippen molar-refractivity contribution in [2.75, 3.05) is 26.2 Å². The van der Waals surface area contributed by atoms with Gasteiger partial charge in [0.2, 0.25) is 0 Å². The molecule has 1 saturated heterocycles. The highest BCUT2D eigenvalue weighted by Crippen LogP contribution is 2.40. The van der Waals surface area contributed by atoms with E-state index in [4.69, 9.17) is 0 Å². The Balaban J connectivity index is 1.69. The molecule has 18 heavy (non-hydrogen) atoms. The predicted octanol–water partition coefficient (Wildman–Crippen LogP) is 3.28. The van der Waals surface area contributed by atoms with Crippen molar-refractivity contribution in [3.63, 3.8) is 0 Å². The second-order valence-corrected chi connectivity index (χ2v) is 7.25. The SMILES string of the molecule is CC(CN1CCCC1)NCC1CCCCC1(C)C. The predicted molar refractivity (Wildman–Crippen MR) is 78.9 cm³/mol. The van der Waals surface area contributed by atoms with E-state index in [1.165, 1.54) is 64.7 Å². The monoisotopic (exact) mass is 252 g/mol. The van der Waals surface area contributed by atoms with Crippen molar-refractivity contribution in [1.82, 2.24) is 10.2 Å². The quantitative estimate of drug-likeness (QED) is 0.808. The van der Waals surface area contributed by atoms with Gasteiger partial charge in [0.1, 0.15) is 0 Å². The van der Waals surface area contributed by atoms with Gasteiger partial charge in [-0.15, -0.1) is 0 Å². The maximum Gasteiger partial charge on any atom is 0.0166 e. The van der Waals surface area contributed by atoms with E-state index in [1.54, 1.807) is 0 Å². The van der Waals surface area contributed by atoms with Crippen LogP contribution in [0.2, 0.25) is 0 Å². The van der Waals surface area contributed by atoms with E-state index in [1.807, 2.05) is 0 Å². The van der Waals surface area contributed by atoms with Crippen LogP contribution < -0.4 is 5.32 Å². The van der Waals surface area contributed by atoms with Crippen LogP contribution in [0.5, 0.6) is 0 Å². The van der Waals surface area contributed by atoms with Crippen LogP contribution in [0.1, 0.15) is 59.3 Å². The molecule has 0 amide bonds. The van der Waals surface area contributed by atoms with Crippen LogP contribution in [0, 0.1) is 11.3 Å². The van der Waals surface area contributed by atoms with Gasteiger partial charge < -0.3 is 10.2 Å². The van der Waals surface area contributed by atoms with Crippen LogP contribution in [-0.4, -0.2) is 37.1 Å². The van der Waals surface area contributed by atoms with E-state index in [9.17, 15) is 0 Å². The summed E-state index contributed by atoms with van der Waals surface area (Å²) in [6, 6.07) is 0.654. The minimum absolute atomic E-state index is 0.554. The molecule has 1 heterocycles. The zero-order valence-corrected chi connectivity index (χ0v) is 12.7. The number of hydrogen-bond donors (Lipinski definition) is 1. The minimum Gasteiger partial charge on any atom is -0.313 e. The summed E-state index contributed by atoms with van der Waals surface area (Å²) in [7, 11) is 0. The standard InChI is InChI=1S/C16H32N2/c1-14(13-18-10-6-7-11-18)17-12-15-8-4-5-9-16(15,2)3/h14-15,17H,4-13H2,1-3H3. The van der Waals surface area contributed by atoms with Crippen molar-refractivity contribution in [3.05, 3.63) is 0 Å². The fourth-order valence-electron chi connectivity index (χ4n) is 3.71. The molecule has 1 saturated carbocycles. The van der Waals surface area contributed by atoms with Gasteiger partial charge in [-0.3, -0.25) is 0 Å². The van der Waals surface area contributed by atoms with Crippen molar-refractivity contribution in [3.8, 4) is 0 Å². The zero-order chi connectivity index (χ0) is 13.0. The largest absolute Gasteiger partial charge is 0.313 e. The molecule has 0 aromatic rings. The summed E-state index contributed by atoms with van der Waals surface area (Å²) in [6.07, 6.45) is 8.53. The van der Waals surface area contributed by atoms with Gasteiger partial charge in [-0.25, -0.2) is 0 Å². The van der Waals surface area contributed by atoms with Crippen molar-refractivity contribution in [2.45, 2.75) is 65.3 Å². The molecule has 0 aromatic heterocycles. The molecule has 0 radical (unpaired) electrons. The van der Waals surface area contributed by atoms with E-state index in [0.29, 0.717) is 11.5 Å². The molecular weight excluding hydrogens is 220 g/mol. The van der Waals surface area contributed by atoms with Gasteiger partial charge in [-0.1, -0.05) is 26.7 Å². The van der Waals surface area contributed by atoms with Gasteiger partial charge in [-0.05, 0) is 63.6 Å². The molecule has 2 fully saturated rings. The Hall–Kier alpha value is -0.0800. The summed E-state index contributed by atoms with van der Waals surface area (Å²) >= 11 is 0. The average Bonchev–Trinajstić information content (AvgIpc) is 2.80. The van der Waals surface area contributed by atoms with Crippen molar-refractivity contribution in [2.24, 2.45) is 11.3 Å². The fraction of sp³-hybridized carbons (Fsp3) is 1.00. The normalized spacial score (nSPS) is 30.5. The topological polar surface area (TPSA) is 15.3 Å². The number of hydrogen-bond acceptors (Lipinski definition) is 2. The van der Waals surface area contributed by atoms with Gasteiger partial charge in [0.15, 0.2) is 0 Å². The average molecular weight is 252 g/mol. The molecule has 106 valence electrons.